The van der Waals surface area contributed by atoms with E-state index in [-0.39, 0.29) is 11.6 Å². The molecule has 1 aliphatic carbocycles. The van der Waals surface area contributed by atoms with Gasteiger partial charge in [0.15, 0.2) is 11.6 Å². The van der Waals surface area contributed by atoms with Crippen molar-refractivity contribution in [2.75, 3.05) is 18.0 Å². The van der Waals surface area contributed by atoms with Gasteiger partial charge in [-0.15, -0.1) is 0 Å². The zero-order valence-electron chi connectivity index (χ0n) is 13.0. The van der Waals surface area contributed by atoms with Crippen molar-refractivity contribution in [2.45, 2.75) is 25.7 Å². The molecular weight excluding hydrogens is 286 g/mol. The first kappa shape index (κ1) is 14.2. The third-order valence-corrected chi connectivity index (χ3v) is 4.88. The first-order chi connectivity index (χ1) is 11.3. The average Bonchev–Trinajstić information content (AvgIpc) is 2.88. The van der Waals surface area contributed by atoms with Crippen LogP contribution in [0.5, 0.6) is 0 Å². The highest BCUT2D eigenvalue weighted by Gasteiger charge is 2.29. The molecule has 0 atom stereocenters. The molecule has 0 spiro atoms. The molecule has 1 aliphatic heterocycles. The van der Waals surface area contributed by atoms with Crippen molar-refractivity contribution in [1.29, 1.82) is 0 Å². The van der Waals surface area contributed by atoms with Gasteiger partial charge < -0.3 is 4.90 Å². The van der Waals surface area contributed by atoms with Gasteiger partial charge in [-0.3, -0.25) is 9.59 Å². The minimum absolute atomic E-state index is 0.0353. The predicted octanol–water partition coefficient (Wildman–Crippen LogP) is 3.84. The van der Waals surface area contributed by atoms with E-state index in [1.807, 2.05) is 24.3 Å². The summed E-state index contributed by atoms with van der Waals surface area (Å²) in [5.74, 6) is -0.0792. The molecule has 1 fully saturated rings. The predicted molar refractivity (Wildman–Crippen MR) is 90.4 cm³/mol. The Balaban J connectivity index is 1.77. The van der Waals surface area contributed by atoms with Gasteiger partial charge in [0.05, 0.1) is 0 Å². The van der Waals surface area contributed by atoms with Crippen LogP contribution >= 0.6 is 0 Å². The molecule has 3 heteroatoms. The molecule has 2 aliphatic rings. The molecule has 0 amide bonds. The maximum absolute atomic E-state index is 12.8. The van der Waals surface area contributed by atoms with Gasteiger partial charge >= 0.3 is 0 Å². The SMILES string of the molecule is O=C1c2ccccc2C(=O)c2cc(N3CCCCCC3)ccc21. The molecule has 23 heavy (non-hydrogen) atoms. The lowest BCUT2D eigenvalue weighted by Gasteiger charge is -2.25. The number of nitrogens with zero attached hydrogens (tertiary/aromatic N) is 1. The molecule has 4 rings (SSSR count). The maximum atomic E-state index is 12.8. The molecule has 116 valence electrons. The molecule has 0 bridgehead atoms. The topological polar surface area (TPSA) is 37.4 Å². The van der Waals surface area contributed by atoms with E-state index in [1.54, 1.807) is 18.2 Å². The van der Waals surface area contributed by atoms with Crippen molar-refractivity contribution in [3.63, 3.8) is 0 Å². The number of ketones is 2. The number of benzene rings is 2. The van der Waals surface area contributed by atoms with Gasteiger partial charge in [-0.05, 0) is 31.0 Å². The second-order valence-electron chi connectivity index (χ2n) is 6.33. The standard InChI is InChI=1S/C20H19NO2/c22-19-15-7-3-4-8-16(15)20(23)18-13-14(9-10-17(18)19)21-11-5-1-2-6-12-21/h3-4,7-10,13H,1-2,5-6,11-12H2. The molecule has 2 aromatic carbocycles. The van der Waals surface area contributed by atoms with Gasteiger partial charge in [0, 0.05) is 41.0 Å². The zero-order valence-corrected chi connectivity index (χ0v) is 13.0. The minimum atomic E-state index is -0.0439. The zero-order chi connectivity index (χ0) is 15.8. The third-order valence-electron chi connectivity index (χ3n) is 4.88. The van der Waals surface area contributed by atoms with Gasteiger partial charge in [0.1, 0.15) is 0 Å². The Morgan fingerprint density at radius 3 is 1.87 bits per heavy atom. The van der Waals surface area contributed by atoms with Gasteiger partial charge in [-0.25, -0.2) is 0 Å². The van der Waals surface area contributed by atoms with Crippen LogP contribution in [-0.2, 0) is 0 Å². The molecule has 0 aromatic heterocycles. The van der Waals surface area contributed by atoms with Crippen molar-refractivity contribution >= 4 is 17.3 Å². The first-order valence-corrected chi connectivity index (χ1v) is 8.33. The van der Waals surface area contributed by atoms with E-state index in [4.69, 9.17) is 0 Å². The molecule has 0 radical (unpaired) electrons. The Labute approximate surface area is 135 Å². The fourth-order valence-electron chi connectivity index (χ4n) is 3.61. The summed E-state index contributed by atoms with van der Waals surface area (Å²) in [6.07, 6.45) is 4.91. The molecule has 0 unspecified atom stereocenters. The van der Waals surface area contributed by atoms with Crippen LogP contribution in [0.25, 0.3) is 0 Å². The second kappa shape index (κ2) is 5.65. The Morgan fingerprint density at radius 1 is 0.652 bits per heavy atom. The fraction of sp³-hybridized carbons (Fsp3) is 0.300. The number of hydrogen-bond donors (Lipinski definition) is 0. The van der Waals surface area contributed by atoms with Crippen LogP contribution in [0.2, 0.25) is 0 Å². The second-order valence-corrected chi connectivity index (χ2v) is 6.33. The van der Waals surface area contributed by atoms with E-state index in [9.17, 15) is 9.59 Å². The van der Waals surface area contributed by atoms with Crippen LogP contribution in [0.1, 0.15) is 57.5 Å². The van der Waals surface area contributed by atoms with Gasteiger partial charge in [-0.1, -0.05) is 37.1 Å². The highest BCUT2D eigenvalue weighted by molar-refractivity contribution is 6.28. The Morgan fingerprint density at radius 2 is 1.22 bits per heavy atom. The molecule has 1 heterocycles. The van der Waals surface area contributed by atoms with Crippen LogP contribution in [-0.4, -0.2) is 24.7 Å². The number of fused-ring (bicyclic) bond motifs is 2. The van der Waals surface area contributed by atoms with E-state index < -0.39 is 0 Å². The van der Waals surface area contributed by atoms with Crippen LogP contribution < -0.4 is 4.90 Å². The summed E-state index contributed by atoms with van der Waals surface area (Å²) in [7, 11) is 0. The van der Waals surface area contributed by atoms with E-state index in [0.717, 1.165) is 18.8 Å². The van der Waals surface area contributed by atoms with E-state index in [2.05, 4.69) is 4.90 Å². The van der Waals surface area contributed by atoms with E-state index in [0.29, 0.717) is 22.3 Å². The molecule has 2 aromatic rings. The Bertz CT molecular complexity index is 786. The van der Waals surface area contributed by atoms with Crippen molar-refractivity contribution in [3.8, 4) is 0 Å². The lowest BCUT2D eigenvalue weighted by molar-refractivity contribution is 0.0979. The van der Waals surface area contributed by atoms with E-state index >= 15 is 0 Å². The number of rotatable bonds is 1. The molecular formula is C20H19NO2. The van der Waals surface area contributed by atoms with Crippen molar-refractivity contribution in [1.82, 2.24) is 0 Å². The van der Waals surface area contributed by atoms with Gasteiger partial charge in [0.25, 0.3) is 0 Å². The quantitative estimate of drug-likeness (QED) is 0.685. The number of hydrogen-bond acceptors (Lipinski definition) is 3. The maximum Gasteiger partial charge on any atom is 0.194 e. The van der Waals surface area contributed by atoms with Crippen molar-refractivity contribution < 1.29 is 9.59 Å². The summed E-state index contributed by atoms with van der Waals surface area (Å²) >= 11 is 0. The van der Waals surface area contributed by atoms with Crippen molar-refractivity contribution in [2.24, 2.45) is 0 Å². The smallest absolute Gasteiger partial charge is 0.194 e. The van der Waals surface area contributed by atoms with Crippen LogP contribution in [0.3, 0.4) is 0 Å². The van der Waals surface area contributed by atoms with Crippen LogP contribution in [0, 0.1) is 0 Å². The number of anilines is 1. The largest absolute Gasteiger partial charge is 0.372 e. The molecule has 0 N–H and O–H groups in total. The van der Waals surface area contributed by atoms with Crippen molar-refractivity contribution in [3.05, 3.63) is 64.7 Å². The lowest BCUT2D eigenvalue weighted by atomic mass is 9.84. The summed E-state index contributed by atoms with van der Waals surface area (Å²) in [6.45, 7) is 2.05. The van der Waals surface area contributed by atoms with Gasteiger partial charge in [-0.2, -0.15) is 0 Å². The van der Waals surface area contributed by atoms with Crippen LogP contribution in [0.15, 0.2) is 42.5 Å². The summed E-state index contributed by atoms with van der Waals surface area (Å²) in [6, 6.07) is 12.8. The number of carbonyl (C=O) groups excluding carboxylic acids is 2. The normalized spacial score (nSPS) is 17.5. The number of carbonyl (C=O) groups is 2. The average molecular weight is 305 g/mol. The third kappa shape index (κ3) is 2.37. The highest BCUT2D eigenvalue weighted by atomic mass is 16.1. The monoisotopic (exact) mass is 305 g/mol. The summed E-state index contributed by atoms with van der Waals surface area (Å²) < 4.78 is 0. The Kier molecular flexibility index (Phi) is 3.49. The lowest BCUT2D eigenvalue weighted by Crippen LogP contribution is -2.26. The summed E-state index contributed by atoms with van der Waals surface area (Å²) in [5, 5.41) is 0. The summed E-state index contributed by atoms with van der Waals surface area (Å²) in [5.41, 5.74) is 3.19. The fourth-order valence-corrected chi connectivity index (χ4v) is 3.61. The van der Waals surface area contributed by atoms with E-state index in [1.165, 1.54) is 25.7 Å². The molecule has 1 saturated heterocycles. The minimum Gasteiger partial charge on any atom is -0.372 e. The summed E-state index contributed by atoms with van der Waals surface area (Å²) in [4.78, 5) is 27.8. The highest BCUT2D eigenvalue weighted by Crippen LogP contribution is 2.30. The van der Waals surface area contributed by atoms with Gasteiger partial charge in [0.2, 0.25) is 0 Å². The van der Waals surface area contributed by atoms with Crippen LogP contribution in [0.4, 0.5) is 5.69 Å². The molecule has 0 saturated carbocycles. The Hall–Kier alpha value is -2.42. The molecule has 3 nitrogen and oxygen atoms in total. The first-order valence-electron chi connectivity index (χ1n) is 8.33.